The molecule has 11 heavy (non-hydrogen) atoms. The van der Waals surface area contributed by atoms with Crippen molar-refractivity contribution >= 4 is 21.7 Å². The van der Waals surface area contributed by atoms with E-state index in [0.29, 0.717) is 0 Å². The van der Waals surface area contributed by atoms with Gasteiger partial charge < -0.3 is 0 Å². The van der Waals surface area contributed by atoms with Gasteiger partial charge >= 0.3 is 0 Å². The summed E-state index contributed by atoms with van der Waals surface area (Å²) < 4.78 is 4.24. The van der Waals surface area contributed by atoms with Crippen LogP contribution in [-0.2, 0) is 0 Å². The van der Waals surface area contributed by atoms with Crippen LogP contribution in [0.3, 0.4) is 0 Å². The predicted octanol–water partition coefficient (Wildman–Crippen LogP) is 2.31. The topological polar surface area (TPSA) is 25.8 Å². The predicted molar refractivity (Wildman–Crippen MR) is 46.9 cm³/mol. The smallest absolute Gasteiger partial charge is 0.143 e. The zero-order valence-electron chi connectivity index (χ0n) is 6.46. The summed E-state index contributed by atoms with van der Waals surface area (Å²) in [6.07, 6.45) is 1.83. The first kappa shape index (κ1) is 6.73. The molecule has 0 amide bonds. The summed E-state index contributed by atoms with van der Waals surface area (Å²) in [5.74, 6) is 0. The van der Waals surface area contributed by atoms with E-state index in [1.54, 1.807) is 0 Å². The maximum atomic E-state index is 4.24. The van der Waals surface area contributed by atoms with Crippen molar-refractivity contribution in [3.05, 3.63) is 23.5 Å². The quantitative estimate of drug-likeness (QED) is 0.597. The van der Waals surface area contributed by atoms with Crippen LogP contribution >= 0.6 is 11.5 Å². The SMILES string of the molecule is Cc1ccnc2snc(C)c12. The third-order valence-corrected chi connectivity index (χ3v) is 2.60. The molecule has 0 fully saturated rings. The fourth-order valence-electron chi connectivity index (χ4n) is 1.20. The molecule has 0 N–H and O–H groups in total. The van der Waals surface area contributed by atoms with E-state index in [1.165, 1.54) is 22.5 Å². The molecule has 2 aromatic rings. The average molecular weight is 164 g/mol. The van der Waals surface area contributed by atoms with Gasteiger partial charge in [-0.25, -0.2) is 4.98 Å². The summed E-state index contributed by atoms with van der Waals surface area (Å²) in [6, 6.07) is 2.02. The highest BCUT2D eigenvalue weighted by Crippen LogP contribution is 2.22. The Bertz CT molecular complexity index is 392. The van der Waals surface area contributed by atoms with E-state index in [0.717, 1.165) is 10.5 Å². The van der Waals surface area contributed by atoms with Crippen molar-refractivity contribution in [3.63, 3.8) is 0 Å². The first-order chi connectivity index (χ1) is 5.29. The maximum Gasteiger partial charge on any atom is 0.143 e. The van der Waals surface area contributed by atoms with Crippen molar-refractivity contribution in [2.75, 3.05) is 0 Å². The van der Waals surface area contributed by atoms with Crippen LogP contribution in [0.1, 0.15) is 11.3 Å². The molecule has 0 saturated heterocycles. The van der Waals surface area contributed by atoms with Crippen LogP contribution in [0.4, 0.5) is 0 Å². The molecular weight excluding hydrogens is 156 g/mol. The van der Waals surface area contributed by atoms with Crippen molar-refractivity contribution in [2.45, 2.75) is 13.8 Å². The molecule has 0 aliphatic rings. The molecule has 2 aromatic heterocycles. The van der Waals surface area contributed by atoms with Gasteiger partial charge in [-0.15, -0.1) is 0 Å². The van der Waals surface area contributed by atoms with Gasteiger partial charge in [0.15, 0.2) is 0 Å². The molecule has 0 radical (unpaired) electrons. The lowest BCUT2D eigenvalue weighted by atomic mass is 10.2. The fraction of sp³-hybridized carbons (Fsp3) is 0.250. The molecule has 3 heteroatoms. The van der Waals surface area contributed by atoms with Crippen LogP contribution in [0.25, 0.3) is 10.2 Å². The van der Waals surface area contributed by atoms with Crippen molar-refractivity contribution in [2.24, 2.45) is 0 Å². The third kappa shape index (κ3) is 0.922. The molecule has 56 valence electrons. The number of rotatable bonds is 0. The Morgan fingerprint density at radius 2 is 2.18 bits per heavy atom. The van der Waals surface area contributed by atoms with Crippen LogP contribution in [0.15, 0.2) is 12.3 Å². The molecule has 0 saturated carbocycles. The molecule has 0 atom stereocenters. The fourth-order valence-corrected chi connectivity index (χ4v) is 2.02. The molecule has 0 aliphatic heterocycles. The lowest BCUT2D eigenvalue weighted by Crippen LogP contribution is -1.78. The second-order valence-corrected chi connectivity index (χ2v) is 3.33. The van der Waals surface area contributed by atoms with Gasteiger partial charge in [-0.3, -0.25) is 0 Å². The third-order valence-electron chi connectivity index (χ3n) is 1.76. The zero-order chi connectivity index (χ0) is 7.84. The van der Waals surface area contributed by atoms with E-state index in [9.17, 15) is 0 Å². The van der Waals surface area contributed by atoms with Gasteiger partial charge in [0.05, 0.1) is 5.69 Å². The molecule has 0 unspecified atom stereocenters. The van der Waals surface area contributed by atoms with E-state index in [4.69, 9.17) is 0 Å². The summed E-state index contributed by atoms with van der Waals surface area (Å²) in [6.45, 7) is 4.11. The van der Waals surface area contributed by atoms with Crippen molar-refractivity contribution in [1.29, 1.82) is 0 Å². The first-order valence-electron chi connectivity index (χ1n) is 3.46. The van der Waals surface area contributed by atoms with Crippen molar-refractivity contribution in [3.8, 4) is 0 Å². The molecule has 2 rings (SSSR count). The number of aryl methyl sites for hydroxylation is 2. The van der Waals surface area contributed by atoms with Gasteiger partial charge in [-0.05, 0) is 37.0 Å². The summed E-state index contributed by atoms with van der Waals surface area (Å²) in [5.41, 5.74) is 2.36. The van der Waals surface area contributed by atoms with Crippen LogP contribution in [-0.4, -0.2) is 9.36 Å². The van der Waals surface area contributed by atoms with Crippen molar-refractivity contribution in [1.82, 2.24) is 9.36 Å². The van der Waals surface area contributed by atoms with Crippen LogP contribution < -0.4 is 0 Å². The van der Waals surface area contributed by atoms with Gasteiger partial charge in [-0.1, -0.05) is 0 Å². The van der Waals surface area contributed by atoms with Crippen LogP contribution in [0.5, 0.6) is 0 Å². The van der Waals surface area contributed by atoms with Gasteiger partial charge in [0.2, 0.25) is 0 Å². The van der Waals surface area contributed by atoms with Gasteiger partial charge in [0, 0.05) is 11.6 Å². The molecule has 0 aromatic carbocycles. The minimum absolute atomic E-state index is 1.04. The molecule has 0 aliphatic carbocycles. The summed E-state index contributed by atoms with van der Waals surface area (Å²) in [4.78, 5) is 5.26. The second kappa shape index (κ2) is 2.27. The summed E-state index contributed by atoms with van der Waals surface area (Å²) in [7, 11) is 0. The average Bonchev–Trinajstić information content (AvgIpc) is 2.34. The maximum absolute atomic E-state index is 4.24. The largest absolute Gasteiger partial charge is 0.244 e. The Morgan fingerprint density at radius 3 is 2.91 bits per heavy atom. The van der Waals surface area contributed by atoms with Crippen LogP contribution in [0, 0.1) is 13.8 Å². The van der Waals surface area contributed by atoms with Gasteiger partial charge in [0.1, 0.15) is 4.83 Å². The first-order valence-corrected chi connectivity index (χ1v) is 4.24. The lowest BCUT2D eigenvalue weighted by molar-refractivity contribution is 1.34. The molecular formula is C8H8N2S. The van der Waals surface area contributed by atoms with Gasteiger partial charge in [-0.2, -0.15) is 4.37 Å². The van der Waals surface area contributed by atoms with E-state index in [-0.39, 0.29) is 0 Å². The Labute approximate surface area is 69.1 Å². The number of hydrogen-bond acceptors (Lipinski definition) is 3. The highest BCUT2D eigenvalue weighted by Gasteiger charge is 2.03. The Morgan fingerprint density at radius 1 is 1.36 bits per heavy atom. The number of pyridine rings is 1. The highest BCUT2D eigenvalue weighted by atomic mass is 32.1. The zero-order valence-corrected chi connectivity index (χ0v) is 7.27. The minimum atomic E-state index is 1.04. The van der Waals surface area contributed by atoms with Crippen LogP contribution in [0.2, 0.25) is 0 Å². The molecule has 0 spiro atoms. The highest BCUT2D eigenvalue weighted by molar-refractivity contribution is 7.12. The Kier molecular flexibility index (Phi) is 1.39. The standard InChI is InChI=1S/C8H8N2S/c1-5-3-4-9-8-7(5)6(2)10-11-8/h3-4H,1-2H3. The molecule has 2 heterocycles. The Balaban J connectivity index is 2.96. The van der Waals surface area contributed by atoms with E-state index in [1.807, 2.05) is 19.2 Å². The number of hydrogen-bond donors (Lipinski definition) is 0. The van der Waals surface area contributed by atoms with E-state index in [2.05, 4.69) is 16.3 Å². The van der Waals surface area contributed by atoms with Gasteiger partial charge in [0.25, 0.3) is 0 Å². The summed E-state index contributed by atoms with van der Waals surface area (Å²) in [5, 5.41) is 1.22. The van der Waals surface area contributed by atoms with E-state index >= 15 is 0 Å². The monoisotopic (exact) mass is 164 g/mol. The number of fused-ring (bicyclic) bond motifs is 1. The minimum Gasteiger partial charge on any atom is -0.244 e. The Hall–Kier alpha value is -0.960. The lowest BCUT2D eigenvalue weighted by Gasteiger charge is -1.92. The van der Waals surface area contributed by atoms with Crippen molar-refractivity contribution < 1.29 is 0 Å². The summed E-state index contributed by atoms with van der Waals surface area (Å²) >= 11 is 1.47. The molecule has 0 bridgehead atoms. The number of aromatic nitrogens is 2. The normalized spacial score (nSPS) is 10.7. The second-order valence-electron chi connectivity index (χ2n) is 2.58. The molecule has 2 nitrogen and oxygen atoms in total. The number of nitrogens with zero attached hydrogens (tertiary/aromatic N) is 2. The van der Waals surface area contributed by atoms with E-state index < -0.39 is 0 Å².